The molecule has 0 spiro atoms. The molecule has 2 atom stereocenters. The molecule has 6 heteroatoms. The molecule has 3 aromatic rings. The second kappa shape index (κ2) is 12.2. The fraction of sp³-hybridized carbons (Fsp3) is 0.355. The molecule has 37 heavy (non-hydrogen) atoms. The Morgan fingerprint density at radius 1 is 0.865 bits per heavy atom. The average Bonchev–Trinajstić information content (AvgIpc) is 2.92. The van der Waals surface area contributed by atoms with E-state index in [-0.39, 0.29) is 6.10 Å². The van der Waals surface area contributed by atoms with Gasteiger partial charge in [0.2, 0.25) is 0 Å². The highest BCUT2D eigenvalue weighted by Crippen LogP contribution is 2.43. The third kappa shape index (κ3) is 6.45. The molecule has 0 amide bonds. The number of rotatable bonds is 6. The van der Waals surface area contributed by atoms with Crippen LogP contribution >= 0.6 is 0 Å². The first-order valence-electron chi connectivity index (χ1n) is 12.8. The maximum Gasteiger partial charge on any atom is 0.414 e. The van der Waals surface area contributed by atoms with Crippen molar-refractivity contribution in [1.29, 1.82) is 0 Å². The fourth-order valence-electron chi connectivity index (χ4n) is 5.72. The monoisotopic (exact) mass is 501 g/mol. The number of nitrogens with zero attached hydrogens (tertiary/aromatic N) is 1. The minimum atomic E-state index is -1.82. The predicted molar refractivity (Wildman–Crippen MR) is 143 cm³/mol. The van der Waals surface area contributed by atoms with Gasteiger partial charge in [-0.15, -0.1) is 0 Å². The summed E-state index contributed by atoms with van der Waals surface area (Å²) in [5.74, 6) is -2.67. The van der Waals surface area contributed by atoms with E-state index in [1.807, 2.05) is 0 Å². The lowest BCUT2D eigenvalue weighted by atomic mass is 9.72. The first-order valence-corrected chi connectivity index (χ1v) is 12.8. The number of benzene rings is 3. The minimum Gasteiger partial charge on any atom is -0.473 e. The molecule has 0 aromatic heterocycles. The van der Waals surface area contributed by atoms with Crippen LogP contribution in [0.15, 0.2) is 78.9 Å². The van der Waals surface area contributed by atoms with E-state index in [1.165, 1.54) is 53.7 Å². The second-order valence-electron chi connectivity index (χ2n) is 9.98. The molecule has 3 aliphatic rings. The van der Waals surface area contributed by atoms with Crippen LogP contribution in [-0.2, 0) is 20.9 Å². The van der Waals surface area contributed by atoms with Gasteiger partial charge < -0.3 is 14.9 Å². The quantitative estimate of drug-likeness (QED) is 0.448. The Bertz CT molecular complexity index is 1140. The zero-order valence-electron chi connectivity index (χ0n) is 21.4. The molecule has 6 nitrogen and oxygen atoms in total. The number of aryl methyl sites for hydroxylation is 2. The first kappa shape index (κ1) is 26.6. The van der Waals surface area contributed by atoms with Gasteiger partial charge in [-0.1, -0.05) is 84.4 Å². The molecule has 3 fully saturated rings. The Morgan fingerprint density at radius 2 is 1.41 bits per heavy atom. The number of aliphatic carboxylic acids is 2. The van der Waals surface area contributed by atoms with E-state index < -0.39 is 11.9 Å². The molecule has 2 bridgehead atoms. The fourth-order valence-corrected chi connectivity index (χ4v) is 5.72. The largest absolute Gasteiger partial charge is 0.473 e. The topological polar surface area (TPSA) is 87.1 Å². The van der Waals surface area contributed by atoms with Crippen LogP contribution in [0.25, 0.3) is 0 Å². The van der Waals surface area contributed by atoms with Gasteiger partial charge in [-0.3, -0.25) is 4.90 Å². The summed E-state index contributed by atoms with van der Waals surface area (Å²) in [6, 6.07) is 29.2. The van der Waals surface area contributed by atoms with E-state index >= 15 is 0 Å². The summed E-state index contributed by atoms with van der Waals surface area (Å²) in [7, 11) is 0. The summed E-state index contributed by atoms with van der Waals surface area (Å²) >= 11 is 0. The van der Waals surface area contributed by atoms with Gasteiger partial charge in [0.05, 0.1) is 12.7 Å². The van der Waals surface area contributed by atoms with E-state index in [1.54, 1.807) is 0 Å². The van der Waals surface area contributed by atoms with Gasteiger partial charge in [-0.25, -0.2) is 9.59 Å². The normalized spacial score (nSPS) is 22.2. The average molecular weight is 502 g/mol. The molecule has 0 aliphatic carbocycles. The molecule has 3 heterocycles. The van der Waals surface area contributed by atoms with Crippen molar-refractivity contribution in [2.45, 2.75) is 51.4 Å². The van der Waals surface area contributed by atoms with Gasteiger partial charge in [0.15, 0.2) is 0 Å². The van der Waals surface area contributed by atoms with E-state index in [0.717, 1.165) is 0 Å². The predicted octanol–water partition coefficient (Wildman–Crippen LogP) is 5.27. The molecule has 0 unspecified atom stereocenters. The molecule has 3 aliphatic heterocycles. The Balaban J connectivity index is 0.000000480. The van der Waals surface area contributed by atoms with Crippen LogP contribution in [0.1, 0.15) is 46.6 Å². The SMILES string of the molecule is Cc1ccc(C)c(CO[C@@H]2C3CCN(CC3)[C@@H]2C(c2ccccc2)c2ccccc2)c1.O=C(O)C(=O)O. The maximum atomic E-state index is 9.10. The minimum absolute atomic E-state index is 0.257. The molecule has 2 N–H and O–H groups in total. The van der Waals surface area contributed by atoms with Gasteiger partial charge in [-0.05, 0) is 68.0 Å². The van der Waals surface area contributed by atoms with Crippen LogP contribution in [0.5, 0.6) is 0 Å². The molecular weight excluding hydrogens is 466 g/mol. The van der Waals surface area contributed by atoms with Crippen LogP contribution < -0.4 is 0 Å². The Labute approximate surface area is 218 Å². The van der Waals surface area contributed by atoms with E-state index in [4.69, 9.17) is 24.5 Å². The summed E-state index contributed by atoms with van der Waals surface area (Å²) in [6.45, 7) is 7.45. The summed E-state index contributed by atoms with van der Waals surface area (Å²) in [4.78, 5) is 20.9. The van der Waals surface area contributed by atoms with Gasteiger partial charge in [0.1, 0.15) is 0 Å². The van der Waals surface area contributed by atoms with E-state index in [9.17, 15) is 0 Å². The number of ether oxygens (including phenoxy) is 1. The standard InChI is InChI=1S/C29H33NO.C2H2O4/c1-21-13-14-22(2)26(19-21)20-31-29-25-15-17-30(18-16-25)28(29)27(23-9-5-3-6-10-23)24-11-7-4-8-12-24;3-1(4)2(5)6/h3-14,19,25,27-29H,15-18,20H2,1-2H3;(H,3,4)(H,5,6)/t28-,29-;/m1./s1. The lowest BCUT2D eigenvalue weighted by Gasteiger charge is -2.53. The Kier molecular flexibility index (Phi) is 8.74. The molecule has 3 saturated heterocycles. The number of piperidine rings is 3. The lowest BCUT2D eigenvalue weighted by Crippen LogP contribution is -2.60. The number of carboxylic acid groups (broad SMARTS) is 2. The zero-order valence-corrected chi connectivity index (χ0v) is 21.4. The van der Waals surface area contributed by atoms with E-state index in [2.05, 4.69) is 97.6 Å². The molecule has 3 aromatic carbocycles. The molecule has 6 rings (SSSR count). The van der Waals surface area contributed by atoms with Crippen molar-refractivity contribution in [1.82, 2.24) is 4.90 Å². The van der Waals surface area contributed by atoms with Gasteiger partial charge >= 0.3 is 11.9 Å². The Morgan fingerprint density at radius 3 is 1.92 bits per heavy atom. The molecule has 0 saturated carbocycles. The lowest BCUT2D eigenvalue weighted by molar-refractivity contribution is -0.159. The van der Waals surface area contributed by atoms with Crippen molar-refractivity contribution >= 4 is 11.9 Å². The smallest absolute Gasteiger partial charge is 0.414 e. The van der Waals surface area contributed by atoms with Gasteiger partial charge in [0.25, 0.3) is 0 Å². The van der Waals surface area contributed by atoms with E-state index in [0.29, 0.717) is 24.5 Å². The van der Waals surface area contributed by atoms with Crippen LogP contribution in [-0.4, -0.2) is 52.3 Å². The number of carbonyl (C=O) groups is 2. The second-order valence-corrected chi connectivity index (χ2v) is 9.98. The van der Waals surface area contributed by atoms with Crippen molar-refractivity contribution in [2.75, 3.05) is 13.1 Å². The summed E-state index contributed by atoms with van der Waals surface area (Å²) < 4.78 is 6.83. The van der Waals surface area contributed by atoms with Gasteiger partial charge in [-0.2, -0.15) is 0 Å². The number of hydrogen-bond acceptors (Lipinski definition) is 4. The molecular formula is C31H35NO5. The van der Waals surface area contributed by atoms with Crippen LogP contribution in [0.2, 0.25) is 0 Å². The van der Waals surface area contributed by atoms with Crippen molar-refractivity contribution in [3.05, 3.63) is 107 Å². The summed E-state index contributed by atoms with van der Waals surface area (Å²) in [6.07, 6.45) is 2.77. The van der Waals surface area contributed by atoms with Crippen molar-refractivity contribution in [3.8, 4) is 0 Å². The van der Waals surface area contributed by atoms with Crippen molar-refractivity contribution in [3.63, 3.8) is 0 Å². The number of fused-ring (bicyclic) bond motifs is 3. The number of hydrogen-bond donors (Lipinski definition) is 2. The molecule has 0 radical (unpaired) electrons. The first-order chi connectivity index (χ1) is 17.8. The van der Waals surface area contributed by atoms with Crippen LogP contribution in [0, 0.1) is 19.8 Å². The molecule has 194 valence electrons. The highest BCUT2D eigenvalue weighted by atomic mass is 16.5. The zero-order chi connectivity index (χ0) is 26.4. The highest BCUT2D eigenvalue weighted by molar-refractivity contribution is 6.27. The van der Waals surface area contributed by atoms with Crippen molar-refractivity contribution < 1.29 is 24.5 Å². The maximum absolute atomic E-state index is 9.10. The third-order valence-corrected chi connectivity index (χ3v) is 7.57. The Hall–Kier alpha value is -3.48. The summed E-state index contributed by atoms with van der Waals surface area (Å²) in [5, 5.41) is 14.8. The van der Waals surface area contributed by atoms with Crippen LogP contribution in [0.3, 0.4) is 0 Å². The van der Waals surface area contributed by atoms with Crippen molar-refractivity contribution in [2.24, 2.45) is 5.92 Å². The highest BCUT2D eigenvalue weighted by Gasteiger charge is 2.47. The summed E-state index contributed by atoms with van der Waals surface area (Å²) in [5.41, 5.74) is 6.75. The number of carboxylic acids is 2. The van der Waals surface area contributed by atoms with Crippen LogP contribution in [0.4, 0.5) is 0 Å². The van der Waals surface area contributed by atoms with Gasteiger partial charge in [0, 0.05) is 12.0 Å². The third-order valence-electron chi connectivity index (χ3n) is 7.57.